The summed E-state index contributed by atoms with van der Waals surface area (Å²) in [4.78, 5) is 18.9. The molecule has 0 spiro atoms. The van der Waals surface area contributed by atoms with Crippen molar-refractivity contribution < 1.29 is 52.3 Å². The van der Waals surface area contributed by atoms with E-state index in [1.165, 1.54) is 0 Å². The highest BCUT2D eigenvalue weighted by Gasteiger charge is 2.30. The van der Waals surface area contributed by atoms with Crippen LogP contribution in [0.2, 0.25) is 0 Å². The third-order valence-corrected chi connectivity index (χ3v) is 9.39. The summed E-state index contributed by atoms with van der Waals surface area (Å²) in [5.74, 6) is 4.08. The molecule has 3 unspecified atom stereocenters. The van der Waals surface area contributed by atoms with Gasteiger partial charge in [0.05, 0.1) is 61.0 Å². The first kappa shape index (κ1) is 38.5. The zero-order valence-electron chi connectivity index (χ0n) is 32.3. The molecule has 2 N–H and O–H groups in total. The normalized spacial score (nSPS) is 16.3. The highest BCUT2D eigenvalue weighted by Crippen LogP contribution is 2.45. The van der Waals surface area contributed by atoms with Crippen LogP contribution in [0, 0.1) is 0 Å². The lowest BCUT2D eigenvalue weighted by molar-refractivity contribution is -0.00733. The summed E-state index contributed by atoms with van der Waals surface area (Å²) in [7, 11) is 11.0. The average molecular weight is 758 g/mol. The molecule has 55 heavy (non-hydrogen) atoms. The molecule has 292 valence electrons. The average Bonchev–Trinajstić information content (AvgIpc) is 3.72. The fraction of sp³-hybridized carbons (Fsp3) is 0.366. The van der Waals surface area contributed by atoms with E-state index in [1.807, 2.05) is 42.5 Å². The number of unbranched alkanes of at least 4 members (excludes halogenated alkanes) is 1. The molecule has 14 heteroatoms. The van der Waals surface area contributed by atoms with Crippen molar-refractivity contribution in [1.82, 2.24) is 5.32 Å². The highest BCUT2D eigenvalue weighted by molar-refractivity contribution is 6.03. The van der Waals surface area contributed by atoms with Gasteiger partial charge in [-0.25, -0.2) is 0 Å². The first-order valence-electron chi connectivity index (χ1n) is 17.8. The van der Waals surface area contributed by atoms with Crippen molar-refractivity contribution in [2.24, 2.45) is 5.16 Å². The Labute approximate surface area is 320 Å². The molecule has 14 nitrogen and oxygen atoms in total. The number of hydrogen-bond donors (Lipinski definition) is 2. The molecule has 3 atom stereocenters. The van der Waals surface area contributed by atoms with Crippen molar-refractivity contribution >= 4 is 17.3 Å². The Kier molecular flexibility index (Phi) is 12.1. The van der Waals surface area contributed by atoms with Gasteiger partial charge in [-0.3, -0.25) is 4.79 Å². The van der Waals surface area contributed by atoms with Crippen molar-refractivity contribution in [3.8, 4) is 51.7 Å². The van der Waals surface area contributed by atoms with E-state index >= 15 is 0 Å². The maximum atomic E-state index is 13.0. The van der Waals surface area contributed by atoms with E-state index in [1.54, 1.807) is 68.0 Å². The minimum Gasteiger partial charge on any atom is -0.497 e. The van der Waals surface area contributed by atoms with Crippen LogP contribution in [0.3, 0.4) is 0 Å². The maximum absolute atomic E-state index is 13.0. The molecule has 4 aromatic carbocycles. The second-order valence-electron chi connectivity index (χ2n) is 12.7. The van der Waals surface area contributed by atoms with Crippen LogP contribution >= 0.6 is 0 Å². The number of fused-ring (bicyclic) bond motifs is 1. The monoisotopic (exact) mass is 757 g/mol. The largest absolute Gasteiger partial charge is 0.497 e. The quantitative estimate of drug-likeness (QED) is 0.103. The summed E-state index contributed by atoms with van der Waals surface area (Å²) in [6.45, 7) is 2.10. The van der Waals surface area contributed by atoms with E-state index in [0.717, 1.165) is 29.5 Å². The van der Waals surface area contributed by atoms with Gasteiger partial charge in [0.15, 0.2) is 40.6 Å². The summed E-state index contributed by atoms with van der Waals surface area (Å²) < 4.78 is 52.3. The number of benzene rings is 4. The van der Waals surface area contributed by atoms with Gasteiger partial charge in [0.1, 0.15) is 11.9 Å². The zero-order valence-corrected chi connectivity index (χ0v) is 32.3. The van der Waals surface area contributed by atoms with Crippen LogP contribution in [0.5, 0.6) is 51.7 Å². The number of rotatable bonds is 17. The molecule has 0 fully saturated rings. The van der Waals surface area contributed by atoms with E-state index in [4.69, 9.17) is 47.5 Å². The predicted molar refractivity (Wildman–Crippen MR) is 205 cm³/mol. The Hall–Kier alpha value is -6.18. The van der Waals surface area contributed by atoms with Crippen LogP contribution in [0.15, 0.2) is 65.8 Å². The lowest BCUT2D eigenvalue weighted by atomic mass is 9.99. The van der Waals surface area contributed by atoms with Crippen LogP contribution in [-0.4, -0.2) is 67.7 Å². The van der Waals surface area contributed by atoms with E-state index in [-0.39, 0.29) is 5.91 Å². The van der Waals surface area contributed by atoms with Crippen LogP contribution in [0.1, 0.15) is 71.9 Å². The second-order valence-corrected chi connectivity index (χ2v) is 12.7. The minimum absolute atomic E-state index is 0.218. The minimum atomic E-state index is -0.736. The topological polar surface area (TPSA) is 146 Å². The lowest BCUT2D eigenvalue weighted by Crippen LogP contribution is -2.38. The summed E-state index contributed by atoms with van der Waals surface area (Å²) in [6, 6.07) is 18.2. The van der Waals surface area contributed by atoms with Crippen LogP contribution < -0.4 is 53.3 Å². The third-order valence-electron chi connectivity index (χ3n) is 9.39. The number of hydrogen-bond acceptors (Lipinski definition) is 13. The SMILES string of the molecule is CCCCC(Oc1ccc(C2NC(=O)c3cc(OC)ccc3N2)cc1OC)Oc1c(OC)cc(C2CC(c3cc(OC)c(OC)c(OC)c3)=NO2)cc1OC. The molecule has 0 bridgehead atoms. The number of carbonyl (C=O) groups is 1. The fourth-order valence-electron chi connectivity index (χ4n) is 6.45. The maximum Gasteiger partial charge on any atom is 0.255 e. The molecular formula is C41H47N3O11. The number of nitrogens with one attached hydrogen (secondary N) is 2. The van der Waals surface area contributed by atoms with E-state index < -0.39 is 18.6 Å². The van der Waals surface area contributed by atoms with E-state index in [9.17, 15) is 4.79 Å². The van der Waals surface area contributed by atoms with Gasteiger partial charge < -0.3 is 58.1 Å². The predicted octanol–water partition coefficient (Wildman–Crippen LogP) is 7.44. The van der Waals surface area contributed by atoms with Crippen molar-refractivity contribution in [3.63, 3.8) is 0 Å². The number of ether oxygens (including phenoxy) is 9. The number of amides is 1. The van der Waals surface area contributed by atoms with E-state index in [0.29, 0.717) is 81.5 Å². The van der Waals surface area contributed by atoms with Gasteiger partial charge in [0.25, 0.3) is 5.91 Å². The molecular weight excluding hydrogens is 710 g/mol. The highest BCUT2D eigenvalue weighted by atomic mass is 16.7. The smallest absolute Gasteiger partial charge is 0.255 e. The third kappa shape index (κ3) is 8.17. The number of anilines is 1. The Balaban J connectivity index is 1.21. The van der Waals surface area contributed by atoms with Crippen molar-refractivity contribution in [2.45, 2.75) is 51.2 Å². The number of nitrogens with zero attached hydrogens (tertiary/aromatic N) is 1. The first-order valence-corrected chi connectivity index (χ1v) is 17.8. The molecule has 6 rings (SSSR count). The Morgan fingerprint density at radius 3 is 1.96 bits per heavy atom. The fourth-order valence-corrected chi connectivity index (χ4v) is 6.45. The van der Waals surface area contributed by atoms with Gasteiger partial charge in [-0.2, -0.15) is 0 Å². The summed E-state index contributed by atoms with van der Waals surface area (Å²) in [5, 5.41) is 10.8. The molecule has 0 radical (unpaired) electrons. The molecule has 2 aliphatic heterocycles. The first-order chi connectivity index (χ1) is 26.8. The number of methoxy groups -OCH3 is 7. The van der Waals surface area contributed by atoms with Gasteiger partial charge in [-0.15, -0.1) is 0 Å². The van der Waals surface area contributed by atoms with Gasteiger partial charge in [0.2, 0.25) is 17.8 Å². The summed E-state index contributed by atoms with van der Waals surface area (Å²) in [5.41, 5.74) is 4.24. The Morgan fingerprint density at radius 1 is 0.691 bits per heavy atom. The number of oxime groups is 1. The molecule has 0 aromatic heterocycles. The zero-order chi connectivity index (χ0) is 39.1. The second kappa shape index (κ2) is 17.3. The lowest BCUT2D eigenvalue weighted by Gasteiger charge is -2.29. The molecule has 1 amide bonds. The summed E-state index contributed by atoms with van der Waals surface area (Å²) in [6.07, 6.45) is 1.11. The Morgan fingerprint density at radius 2 is 1.35 bits per heavy atom. The standard InChI is InChI=1S/C41H47N3O11/c1-9-10-11-37(53-30-15-12-23(16-32(30)47-3)40-42-28-14-13-26(46-2)21-27(28)41(45)43-40)54-39-35(50-6)19-25(20-36(39)51-7)31-22-29(44-55-31)24-17-33(48-4)38(52-8)34(18-24)49-5/h12-21,31,37,40,42H,9-11,22H2,1-8H3,(H,43,45). The van der Waals surface area contributed by atoms with Crippen molar-refractivity contribution in [2.75, 3.05) is 55.1 Å². The number of carbonyl (C=O) groups excluding carboxylic acids is 1. The van der Waals surface area contributed by atoms with Gasteiger partial charge in [0, 0.05) is 29.7 Å². The Bertz CT molecular complexity index is 1980. The van der Waals surface area contributed by atoms with Crippen LogP contribution in [-0.2, 0) is 4.84 Å². The molecule has 2 heterocycles. The molecule has 4 aromatic rings. The molecule has 0 saturated carbocycles. The van der Waals surface area contributed by atoms with Gasteiger partial charge in [-0.05, 0) is 66.6 Å². The van der Waals surface area contributed by atoms with Crippen molar-refractivity contribution in [3.05, 3.63) is 82.9 Å². The van der Waals surface area contributed by atoms with Crippen molar-refractivity contribution in [1.29, 1.82) is 0 Å². The molecule has 0 saturated heterocycles. The molecule has 0 aliphatic carbocycles. The molecule has 2 aliphatic rings. The van der Waals surface area contributed by atoms with E-state index in [2.05, 4.69) is 22.7 Å². The van der Waals surface area contributed by atoms with Crippen LogP contribution in [0.25, 0.3) is 0 Å². The van der Waals surface area contributed by atoms with Crippen LogP contribution in [0.4, 0.5) is 5.69 Å². The van der Waals surface area contributed by atoms with Gasteiger partial charge in [-0.1, -0.05) is 24.6 Å². The summed E-state index contributed by atoms with van der Waals surface area (Å²) >= 11 is 0. The van der Waals surface area contributed by atoms with Gasteiger partial charge >= 0.3 is 0 Å².